The minimum atomic E-state index is -1.02. The molecule has 0 aromatic carbocycles. The molecule has 2 heteroatoms. The summed E-state index contributed by atoms with van der Waals surface area (Å²) in [5.74, 6) is 4.29. The highest BCUT2D eigenvalue weighted by Crippen LogP contribution is 2.67. The van der Waals surface area contributed by atoms with Gasteiger partial charge in [-0.1, -0.05) is 45.3 Å². The Balaban J connectivity index is 1.47. The predicted octanol–water partition coefficient (Wildman–Crippen LogP) is 7.94. The summed E-state index contributed by atoms with van der Waals surface area (Å²) in [4.78, 5) is 11.4. The number of fused-ring (bicyclic) bond motifs is 5. The zero-order valence-corrected chi connectivity index (χ0v) is 20.2. The van der Waals surface area contributed by atoms with Crippen LogP contribution in [0, 0.1) is 46.3 Å². The van der Waals surface area contributed by atoms with Crippen molar-refractivity contribution in [3.8, 4) is 0 Å². The molecule has 0 aliphatic heterocycles. The summed E-state index contributed by atoms with van der Waals surface area (Å²) < 4.78 is 13.9. The van der Waals surface area contributed by atoms with E-state index in [2.05, 4.69) is 26.8 Å². The molecule has 0 amide bonds. The number of carbonyl (C=O) groups is 1. The van der Waals surface area contributed by atoms with Crippen molar-refractivity contribution in [2.45, 2.75) is 111 Å². The van der Waals surface area contributed by atoms with Gasteiger partial charge in [-0.05, 0) is 112 Å². The Bertz CT molecular complexity index is 675. The minimum absolute atomic E-state index is 0.171. The molecule has 8 atom stereocenters. The molecule has 0 saturated heterocycles. The summed E-state index contributed by atoms with van der Waals surface area (Å²) in [5, 5.41) is 0. The third-order valence-electron chi connectivity index (χ3n) is 10.5. The lowest BCUT2D eigenvalue weighted by atomic mass is 9.46. The van der Waals surface area contributed by atoms with Crippen LogP contribution in [0.1, 0.15) is 105 Å². The third-order valence-corrected chi connectivity index (χ3v) is 10.5. The summed E-state index contributed by atoms with van der Waals surface area (Å²) in [6.45, 7) is 11.1. The van der Waals surface area contributed by atoms with Crippen LogP contribution in [-0.4, -0.2) is 12.0 Å². The first-order chi connectivity index (χ1) is 14.1. The molecule has 0 spiro atoms. The Labute approximate surface area is 184 Å². The minimum Gasteiger partial charge on any atom is -0.303 e. The molecule has 0 heterocycles. The standard InChI is InChI=1S/C28H45FO/c1-19(7-6-14-26(2,3)29)23-10-11-24-22-9-8-21-17-20(18-30)12-15-27(21,4)25(22)13-16-28(23,24)5/h17-20,22-25H,6-16H2,1-5H3/t19-,20?,22+,23-,24+,25+,27+,28-/m1/s1. The molecule has 0 aromatic rings. The van der Waals surface area contributed by atoms with Crippen LogP contribution in [0.15, 0.2) is 11.6 Å². The molecule has 170 valence electrons. The topological polar surface area (TPSA) is 17.1 Å². The summed E-state index contributed by atoms with van der Waals surface area (Å²) in [5.41, 5.74) is 1.43. The summed E-state index contributed by atoms with van der Waals surface area (Å²) in [7, 11) is 0. The van der Waals surface area contributed by atoms with Gasteiger partial charge in [0.15, 0.2) is 0 Å². The third kappa shape index (κ3) is 3.83. The quantitative estimate of drug-likeness (QED) is 0.317. The van der Waals surface area contributed by atoms with Crippen LogP contribution in [0.4, 0.5) is 4.39 Å². The zero-order valence-electron chi connectivity index (χ0n) is 20.2. The average molecular weight is 417 g/mol. The van der Waals surface area contributed by atoms with E-state index in [-0.39, 0.29) is 5.92 Å². The highest BCUT2D eigenvalue weighted by atomic mass is 19.1. The highest BCUT2D eigenvalue weighted by molar-refractivity contribution is 5.58. The van der Waals surface area contributed by atoms with E-state index in [9.17, 15) is 9.18 Å². The fourth-order valence-electron chi connectivity index (χ4n) is 8.88. The van der Waals surface area contributed by atoms with Crippen molar-refractivity contribution in [1.82, 2.24) is 0 Å². The maximum Gasteiger partial charge on any atom is 0.126 e. The number of carbonyl (C=O) groups excluding carboxylic acids is 1. The van der Waals surface area contributed by atoms with E-state index in [0.717, 1.165) is 42.4 Å². The molecule has 4 aliphatic rings. The van der Waals surface area contributed by atoms with Gasteiger partial charge in [-0.25, -0.2) is 4.39 Å². The normalized spacial score (nSPS) is 44.5. The van der Waals surface area contributed by atoms with Gasteiger partial charge in [-0.15, -0.1) is 0 Å². The van der Waals surface area contributed by atoms with E-state index in [1.807, 2.05) is 0 Å². The number of aldehydes is 1. The molecule has 3 saturated carbocycles. The molecule has 30 heavy (non-hydrogen) atoms. The van der Waals surface area contributed by atoms with E-state index in [0.29, 0.717) is 17.3 Å². The number of hydrogen-bond donors (Lipinski definition) is 0. The predicted molar refractivity (Wildman–Crippen MR) is 123 cm³/mol. The fraction of sp³-hybridized carbons (Fsp3) is 0.893. The van der Waals surface area contributed by atoms with Crippen molar-refractivity contribution < 1.29 is 9.18 Å². The van der Waals surface area contributed by atoms with Gasteiger partial charge in [-0.2, -0.15) is 0 Å². The van der Waals surface area contributed by atoms with Gasteiger partial charge >= 0.3 is 0 Å². The highest BCUT2D eigenvalue weighted by Gasteiger charge is 2.59. The van der Waals surface area contributed by atoms with Gasteiger partial charge in [0, 0.05) is 5.92 Å². The molecule has 0 bridgehead atoms. The molecule has 1 unspecified atom stereocenters. The van der Waals surface area contributed by atoms with Gasteiger partial charge < -0.3 is 4.79 Å². The fourth-order valence-corrected chi connectivity index (χ4v) is 8.88. The second-order valence-electron chi connectivity index (χ2n) is 12.7. The lowest BCUT2D eigenvalue weighted by Crippen LogP contribution is -2.51. The summed E-state index contributed by atoms with van der Waals surface area (Å²) in [6.07, 6.45) is 16.8. The summed E-state index contributed by atoms with van der Waals surface area (Å²) >= 11 is 0. The lowest BCUT2D eigenvalue weighted by molar-refractivity contribution is -0.111. The van der Waals surface area contributed by atoms with Gasteiger partial charge in [0.05, 0.1) is 0 Å². The van der Waals surface area contributed by atoms with E-state index in [1.54, 1.807) is 19.4 Å². The van der Waals surface area contributed by atoms with Crippen LogP contribution in [0.25, 0.3) is 0 Å². The average Bonchev–Trinajstić information content (AvgIpc) is 3.03. The Morgan fingerprint density at radius 2 is 1.90 bits per heavy atom. The molecular formula is C28H45FO. The Morgan fingerprint density at radius 3 is 2.60 bits per heavy atom. The smallest absolute Gasteiger partial charge is 0.126 e. The van der Waals surface area contributed by atoms with Crippen LogP contribution in [0.2, 0.25) is 0 Å². The van der Waals surface area contributed by atoms with Gasteiger partial charge in [0.25, 0.3) is 0 Å². The Hall–Kier alpha value is -0.660. The Morgan fingerprint density at radius 1 is 1.13 bits per heavy atom. The van der Waals surface area contributed by atoms with Crippen LogP contribution >= 0.6 is 0 Å². The monoisotopic (exact) mass is 416 g/mol. The molecular weight excluding hydrogens is 371 g/mol. The van der Waals surface area contributed by atoms with Gasteiger partial charge in [0.1, 0.15) is 12.0 Å². The number of alkyl halides is 1. The van der Waals surface area contributed by atoms with Crippen LogP contribution in [0.3, 0.4) is 0 Å². The zero-order chi connectivity index (χ0) is 21.7. The first kappa shape index (κ1) is 22.5. The molecule has 3 fully saturated rings. The van der Waals surface area contributed by atoms with Crippen LogP contribution in [-0.2, 0) is 4.79 Å². The number of allylic oxidation sites excluding steroid dienone is 2. The van der Waals surface area contributed by atoms with E-state index in [1.165, 1.54) is 57.7 Å². The maximum atomic E-state index is 13.9. The van der Waals surface area contributed by atoms with Crippen molar-refractivity contribution in [1.29, 1.82) is 0 Å². The van der Waals surface area contributed by atoms with E-state index in [4.69, 9.17) is 0 Å². The van der Waals surface area contributed by atoms with Crippen molar-refractivity contribution in [3.05, 3.63) is 11.6 Å². The molecule has 0 aromatic heterocycles. The SMILES string of the molecule is C[C@H](CCCC(C)(C)F)[C@H]1CC[C@H]2[C@@H]3CCC4=CC(C=O)CC[C@]4(C)[C@H]3CC[C@]12C. The van der Waals surface area contributed by atoms with Crippen LogP contribution < -0.4 is 0 Å². The van der Waals surface area contributed by atoms with Crippen LogP contribution in [0.5, 0.6) is 0 Å². The van der Waals surface area contributed by atoms with Gasteiger partial charge in [0.2, 0.25) is 0 Å². The first-order valence-corrected chi connectivity index (χ1v) is 12.9. The Kier molecular flexibility index (Phi) is 6.04. The molecule has 4 rings (SSSR count). The molecule has 1 nitrogen and oxygen atoms in total. The molecule has 4 aliphatic carbocycles. The largest absolute Gasteiger partial charge is 0.303 e. The van der Waals surface area contributed by atoms with Crippen molar-refractivity contribution in [2.75, 3.05) is 0 Å². The molecule has 0 radical (unpaired) electrons. The maximum absolute atomic E-state index is 13.9. The first-order valence-electron chi connectivity index (χ1n) is 12.9. The van der Waals surface area contributed by atoms with Crippen molar-refractivity contribution >= 4 is 6.29 Å². The number of halogens is 1. The van der Waals surface area contributed by atoms with Crippen molar-refractivity contribution in [2.24, 2.45) is 46.3 Å². The lowest BCUT2D eigenvalue weighted by Gasteiger charge is -2.59. The summed E-state index contributed by atoms with van der Waals surface area (Å²) in [6, 6.07) is 0. The van der Waals surface area contributed by atoms with E-state index >= 15 is 0 Å². The molecule has 0 N–H and O–H groups in total. The number of rotatable bonds is 6. The van der Waals surface area contributed by atoms with Gasteiger partial charge in [-0.3, -0.25) is 0 Å². The van der Waals surface area contributed by atoms with Crippen molar-refractivity contribution in [3.63, 3.8) is 0 Å². The second-order valence-corrected chi connectivity index (χ2v) is 12.7. The van der Waals surface area contributed by atoms with E-state index < -0.39 is 5.67 Å². The number of hydrogen-bond acceptors (Lipinski definition) is 1. The second kappa shape index (κ2) is 8.04.